The van der Waals surface area contributed by atoms with E-state index in [-0.39, 0.29) is 30.7 Å². The van der Waals surface area contributed by atoms with E-state index in [1.165, 1.54) is 26.4 Å². The average molecular weight is 487 g/mol. The lowest BCUT2D eigenvalue weighted by Gasteiger charge is -2.46. The fourth-order valence-corrected chi connectivity index (χ4v) is 5.54. The van der Waals surface area contributed by atoms with Gasteiger partial charge in [-0.1, -0.05) is 51.5 Å². The molecule has 7 heteroatoms. The Bertz CT molecular complexity index is 905. The molecule has 1 saturated heterocycles. The maximum absolute atomic E-state index is 13.7. The Labute approximate surface area is 209 Å². The van der Waals surface area contributed by atoms with E-state index in [2.05, 4.69) is 18.3 Å². The van der Waals surface area contributed by atoms with Crippen molar-refractivity contribution >= 4 is 17.8 Å². The largest absolute Gasteiger partial charge is 0.468 e. The first-order valence-corrected chi connectivity index (χ1v) is 13.3. The summed E-state index contributed by atoms with van der Waals surface area (Å²) in [7, 11) is 1.42. The van der Waals surface area contributed by atoms with E-state index in [9.17, 15) is 14.4 Å². The Morgan fingerprint density at radius 2 is 1.94 bits per heavy atom. The van der Waals surface area contributed by atoms with Gasteiger partial charge in [0.15, 0.2) is 0 Å². The van der Waals surface area contributed by atoms with Crippen LogP contribution < -0.4 is 5.32 Å². The summed E-state index contributed by atoms with van der Waals surface area (Å²) in [6.45, 7) is 4.92. The highest BCUT2D eigenvalue weighted by Crippen LogP contribution is 2.49. The number of piperidine rings is 1. The van der Waals surface area contributed by atoms with Crippen LogP contribution in [-0.2, 0) is 25.7 Å². The zero-order valence-electron chi connectivity index (χ0n) is 21.7. The van der Waals surface area contributed by atoms with Crippen LogP contribution in [0.15, 0.2) is 28.3 Å². The number of furan rings is 1. The zero-order chi connectivity index (χ0) is 25.3. The molecule has 1 aromatic heterocycles. The predicted molar refractivity (Wildman–Crippen MR) is 134 cm³/mol. The van der Waals surface area contributed by atoms with Gasteiger partial charge < -0.3 is 19.4 Å². The topological polar surface area (TPSA) is 88.9 Å². The van der Waals surface area contributed by atoms with Crippen molar-refractivity contribution in [1.29, 1.82) is 0 Å². The molecule has 1 N–H and O–H groups in total. The molecule has 2 heterocycles. The molecule has 1 aliphatic heterocycles. The molecule has 1 aliphatic carbocycles. The molecule has 0 bridgehead atoms. The normalized spacial score (nSPS) is 22.3. The number of methoxy groups -OCH3 is 1. The number of hydrogen-bond donors (Lipinski definition) is 1. The molecule has 1 fully saturated rings. The molecule has 2 aliphatic rings. The number of carbonyl (C=O) groups is 3. The molecule has 1 aromatic rings. The fraction of sp³-hybridized carbons (Fsp3) is 0.679. The number of hydrogen-bond acceptors (Lipinski definition) is 5. The minimum Gasteiger partial charge on any atom is -0.468 e. The van der Waals surface area contributed by atoms with Gasteiger partial charge in [0, 0.05) is 24.6 Å². The van der Waals surface area contributed by atoms with Crippen LogP contribution in [-0.4, -0.2) is 36.3 Å². The number of nitrogens with zero attached hydrogens (tertiary/aromatic N) is 1. The second-order valence-electron chi connectivity index (χ2n) is 10.1. The molecule has 0 spiro atoms. The summed E-state index contributed by atoms with van der Waals surface area (Å²) in [5.74, 6) is 0.365. The molecular weight excluding hydrogens is 444 g/mol. The van der Waals surface area contributed by atoms with Crippen LogP contribution in [0.25, 0.3) is 0 Å². The highest BCUT2D eigenvalue weighted by Gasteiger charge is 2.53. The Morgan fingerprint density at radius 1 is 1.17 bits per heavy atom. The molecule has 0 saturated carbocycles. The summed E-state index contributed by atoms with van der Waals surface area (Å²) in [5, 5.41) is 2.87. The molecule has 0 unspecified atom stereocenters. The van der Waals surface area contributed by atoms with E-state index in [0.29, 0.717) is 25.1 Å². The number of ether oxygens (including phenoxy) is 1. The highest BCUT2D eigenvalue weighted by molar-refractivity contribution is 5.92. The van der Waals surface area contributed by atoms with Gasteiger partial charge in [0.25, 0.3) is 0 Å². The van der Waals surface area contributed by atoms with Gasteiger partial charge in [-0.05, 0) is 51.2 Å². The van der Waals surface area contributed by atoms with E-state index in [1.807, 2.05) is 24.0 Å². The number of likely N-dealkylation sites (tertiary alicyclic amines) is 1. The molecule has 7 nitrogen and oxygen atoms in total. The Kier molecular flexibility index (Phi) is 9.99. The first kappa shape index (κ1) is 27.0. The lowest BCUT2D eigenvalue weighted by atomic mass is 9.69. The number of carbonyl (C=O) groups excluding carboxylic acids is 3. The lowest BCUT2D eigenvalue weighted by Crippen LogP contribution is -2.53. The van der Waals surface area contributed by atoms with Crippen LogP contribution >= 0.6 is 0 Å². The van der Waals surface area contributed by atoms with Crippen LogP contribution in [0.4, 0.5) is 0 Å². The Hall–Kier alpha value is -2.57. The van der Waals surface area contributed by atoms with Crippen LogP contribution in [0.1, 0.15) is 95.5 Å². The van der Waals surface area contributed by atoms with Gasteiger partial charge in [-0.25, -0.2) is 0 Å². The van der Waals surface area contributed by atoms with Crippen molar-refractivity contribution in [3.05, 3.63) is 35.4 Å². The van der Waals surface area contributed by atoms with Crippen molar-refractivity contribution in [3.8, 4) is 0 Å². The van der Waals surface area contributed by atoms with Crippen molar-refractivity contribution < 1.29 is 23.5 Å². The highest BCUT2D eigenvalue weighted by atomic mass is 16.5. The number of nitrogens with one attached hydrogen (secondary N) is 1. The van der Waals surface area contributed by atoms with E-state index < -0.39 is 11.3 Å². The number of fused-ring (bicyclic) bond motifs is 1. The minimum atomic E-state index is -0.857. The molecule has 194 valence electrons. The number of esters is 1. The average Bonchev–Trinajstić information content (AvgIpc) is 3.15. The van der Waals surface area contributed by atoms with Gasteiger partial charge in [-0.2, -0.15) is 0 Å². The summed E-state index contributed by atoms with van der Waals surface area (Å²) < 4.78 is 10.8. The standard InChI is InChI=1S/C28H42N2O5/c1-4-5-6-7-8-12-17-30-24-13-10-9-11-16-28(24,27(33)34-3)19-22(26(30)32)18-25(31)29-20-23-15-14-21(2)35-23/h13-15,22H,4-12,16-20H2,1-3H3,(H,29,31)/t22-,28+/m1/s1. The zero-order valence-corrected chi connectivity index (χ0v) is 21.7. The molecule has 0 aromatic carbocycles. The van der Waals surface area contributed by atoms with E-state index in [4.69, 9.17) is 9.15 Å². The van der Waals surface area contributed by atoms with E-state index in [0.717, 1.165) is 50.0 Å². The number of rotatable bonds is 12. The van der Waals surface area contributed by atoms with Gasteiger partial charge in [0.05, 0.1) is 13.7 Å². The third-order valence-corrected chi connectivity index (χ3v) is 7.39. The first-order chi connectivity index (χ1) is 16.9. The van der Waals surface area contributed by atoms with Crippen molar-refractivity contribution in [3.63, 3.8) is 0 Å². The second-order valence-corrected chi connectivity index (χ2v) is 10.1. The molecule has 0 radical (unpaired) electrons. The number of unbranched alkanes of at least 4 members (excludes halogenated alkanes) is 5. The van der Waals surface area contributed by atoms with Crippen molar-refractivity contribution in [2.45, 2.75) is 97.4 Å². The van der Waals surface area contributed by atoms with Gasteiger partial charge in [-0.15, -0.1) is 0 Å². The molecule has 2 amide bonds. The Balaban J connectivity index is 1.75. The molecular formula is C28H42N2O5. The monoisotopic (exact) mass is 486 g/mol. The quantitative estimate of drug-likeness (QED) is 0.315. The third kappa shape index (κ3) is 6.77. The van der Waals surface area contributed by atoms with Crippen LogP contribution in [0, 0.1) is 18.3 Å². The molecule has 3 rings (SSSR count). The van der Waals surface area contributed by atoms with E-state index >= 15 is 0 Å². The smallest absolute Gasteiger partial charge is 0.317 e. The summed E-state index contributed by atoms with van der Waals surface area (Å²) >= 11 is 0. The minimum absolute atomic E-state index is 0.0461. The van der Waals surface area contributed by atoms with Gasteiger partial charge in [-0.3, -0.25) is 14.4 Å². The van der Waals surface area contributed by atoms with Gasteiger partial charge in [0.1, 0.15) is 16.9 Å². The van der Waals surface area contributed by atoms with Crippen LogP contribution in [0.2, 0.25) is 0 Å². The molecule has 2 atom stereocenters. The maximum Gasteiger partial charge on any atom is 0.317 e. The second kappa shape index (κ2) is 12.9. The van der Waals surface area contributed by atoms with Gasteiger partial charge in [0.2, 0.25) is 11.8 Å². The number of aryl methyl sites for hydroxylation is 1. The maximum atomic E-state index is 13.7. The summed E-state index contributed by atoms with van der Waals surface area (Å²) in [4.78, 5) is 41.5. The summed E-state index contributed by atoms with van der Waals surface area (Å²) in [6, 6.07) is 3.69. The third-order valence-electron chi connectivity index (χ3n) is 7.39. The summed E-state index contributed by atoms with van der Waals surface area (Å²) in [6.07, 6.45) is 12.5. The van der Waals surface area contributed by atoms with Crippen molar-refractivity contribution in [2.75, 3.05) is 13.7 Å². The van der Waals surface area contributed by atoms with Crippen LogP contribution in [0.3, 0.4) is 0 Å². The van der Waals surface area contributed by atoms with Crippen molar-refractivity contribution in [1.82, 2.24) is 10.2 Å². The van der Waals surface area contributed by atoms with Crippen molar-refractivity contribution in [2.24, 2.45) is 11.3 Å². The fourth-order valence-electron chi connectivity index (χ4n) is 5.54. The first-order valence-electron chi connectivity index (χ1n) is 13.3. The van der Waals surface area contributed by atoms with E-state index in [1.54, 1.807) is 0 Å². The molecule has 35 heavy (non-hydrogen) atoms. The lowest BCUT2D eigenvalue weighted by molar-refractivity contribution is -0.159. The SMILES string of the molecule is CCCCCCCCN1C(=O)[C@H](CC(=O)NCc2ccc(C)o2)C[C@@]2(C(=O)OC)CCCCC=C12. The van der Waals surface area contributed by atoms with Gasteiger partial charge >= 0.3 is 5.97 Å². The number of amides is 2. The number of allylic oxidation sites excluding steroid dienone is 1. The van der Waals surface area contributed by atoms with Crippen LogP contribution in [0.5, 0.6) is 0 Å². The Morgan fingerprint density at radius 3 is 2.66 bits per heavy atom. The summed E-state index contributed by atoms with van der Waals surface area (Å²) in [5.41, 5.74) is -0.0483. The predicted octanol–water partition coefficient (Wildman–Crippen LogP) is 5.42.